The summed E-state index contributed by atoms with van der Waals surface area (Å²) in [7, 11) is 0. The van der Waals surface area contributed by atoms with Crippen LogP contribution in [-0.4, -0.2) is 14.8 Å². The molecule has 2 N–H and O–H groups in total. The van der Waals surface area contributed by atoms with Gasteiger partial charge in [0.2, 0.25) is 0 Å². The summed E-state index contributed by atoms with van der Waals surface area (Å²) in [5.74, 6) is 0. The minimum Gasteiger partial charge on any atom is -0.397 e. The molecule has 2 aromatic rings. The van der Waals surface area contributed by atoms with Gasteiger partial charge in [0.25, 0.3) is 0 Å². The SMILES string of the molecule is [2H]c1nc([2H])c(-n2nc([2H])c(Br)c2[2H])c([2H])c1N. The molecule has 66 valence electrons. The Hall–Kier alpha value is -1.36. The number of anilines is 1. The van der Waals surface area contributed by atoms with Gasteiger partial charge in [-0.15, -0.1) is 0 Å². The second kappa shape index (κ2) is 3.18. The third-order valence-electron chi connectivity index (χ3n) is 1.26. The molecule has 0 aliphatic heterocycles. The van der Waals surface area contributed by atoms with Crippen LogP contribution in [0.4, 0.5) is 5.69 Å². The maximum Gasteiger partial charge on any atom is 0.0872 e. The second-order valence-electron chi connectivity index (χ2n) is 2.17. The van der Waals surface area contributed by atoms with E-state index in [0.717, 1.165) is 4.68 Å². The van der Waals surface area contributed by atoms with Crippen LogP contribution in [0.25, 0.3) is 5.69 Å². The molecule has 2 aromatic heterocycles. The molecule has 0 aromatic carbocycles. The average Bonchev–Trinajstić information content (AvgIpc) is 2.55. The summed E-state index contributed by atoms with van der Waals surface area (Å²) in [6, 6.07) is -0.302. The molecule has 13 heavy (non-hydrogen) atoms. The lowest BCUT2D eigenvalue weighted by molar-refractivity contribution is 0.874. The van der Waals surface area contributed by atoms with E-state index in [1.165, 1.54) is 0 Å². The molecule has 0 atom stereocenters. The van der Waals surface area contributed by atoms with E-state index in [1.807, 2.05) is 0 Å². The van der Waals surface area contributed by atoms with Crippen molar-refractivity contribution in [2.24, 2.45) is 0 Å². The summed E-state index contributed by atoms with van der Waals surface area (Å²) < 4.78 is 39.0. The summed E-state index contributed by atoms with van der Waals surface area (Å²) in [6.45, 7) is 0. The van der Waals surface area contributed by atoms with Crippen LogP contribution in [0.5, 0.6) is 0 Å². The van der Waals surface area contributed by atoms with Crippen molar-refractivity contribution in [1.29, 1.82) is 0 Å². The number of aromatic nitrogens is 3. The first kappa shape index (κ1) is 4.23. The van der Waals surface area contributed by atoms with E-state index in [-0.39, 0.29) is 46.6 Å². The van der Waals surface area contributed by atoms with Crippen molar-refractivity contribution in [3.8, 4) is 5.69 Å². The number of hydrogen-bond acceptors (Lipinski definition) is 3. The number of hydrogen-bond donors (Lipinski definition) is 1. The van der Waals surface area contributed by atoms with E-state index in [0.29, 0.717) is 0 Å². The normalized spacial score (nSPS) is 15.6. The van der Waals surface area contributed by atoms with E-state index in [9.17, 15) is 0 Å². The first-order valence-electron chi connectivity index (χ1n) is 5.80. The van der Waals surface area contributed by atoms with Gasteiger partial charge in [0.15, 0.2) is 0 Å². The molecule has 5 heteroatoms. The molecule has 2 rings (SSSR count). The second-order valence-corrected chi connectivity index (χ2v) is 2.97. The van der Waals surface area contributed by atoms with Gasteiger partial charge in [-0.2, -0.15) is 5.10 Å². The van der Waals surface area contributed by atoms with Crippen LogP contribution in [0.2, 0.25) is 0 Å². The quantitative estimate of drug-likeness (QED) is 0.829. The van der Waals surface area contributed by atoms with Crippen LogP contribution in [0.1, 0.15) is 6.85 Å². The smallest absolute Gasteiger partial charge is 0.0872 e. The zero-order chi connectivity index (χ0) is 13.6. The van der Waals surface area contributed by atoms with Crippen LogP contribution in [-0.2, 0) is 0 Å². The molecule has 0 radical (unpaired) electrons. The first-order chi connectivity index (χ1) is 8.34. The van der Waals surface area contributed by atoms with Gasteiger partial charge in [0.1, 0.15) is 0 Å². The number of rotatable bonds is 1. The van der Waals surface area contributed by atoms with Crippen LogP contribution in [0.15, 0.2) is 35.2 Å². The van der Waals surface area contributed by atoms with Crippen molar-refractivity contribution < 1.29 is 6.85 Å². The average molecular weight is 244 g/mol. The topological polar surface area (TPSA) is 56.7 Å². The highest BCUT2D eigenvalue weighted by atomic mass is 79.9. The Morgan fingerprint density at radius 1 is 1.46 bits per heavy atom. The minimum atomic E-state index is -0.386. The molecule has 4 nitrogen and oxygen atoms in total. The highest BCUT2D eigenvalue weighted by Gasteiger charge is 1.98. The molecule has 0 amide bonds. The fraction of sp³-hybridized carbons (Fsp3) is 0. The molecule has 0 aliphatic carbocycles. The zero-order valence-electron chi connectivity index (χ0n) is 11.3. The van der Waals surface area contributed by atoms with Crippen molar-refractivity contribution in [3.05, 3.63) is 35.2 Å². The largest absolute Gasteiger partial charge is 0.397 e. The molecule has 0 aliphatic rings. The third-order valence-corrected chi connectivity index (χ3v) is 1.61. The Morgan fingerprint density at radius 3 is 3.00 bits per heavy atom. The number of nitrogens with two attached hydrogens (primary N) is 1. The molecule has 0 spiro atoms. The van der Waals surface area contributed by atoms with Crippen molar-refractivity contribution in [2.45, 2.75) is 0 Å². The molecule has 0 fully saturated rings. The zero-order valence-corrected chi connectivity index (χ0v) is 7.88. The fourth-order valence-corrected chi connectivity index (χ4v) is 1.01. The Balaban J connectivity index is 2.79. The summed E-state index contributed by atoms with van der Waals surface area (Å²) in [4.78, 5) is 3.56. The highest BCUT2D eigenvalue weighted by molar-refractivity contribution is 9.10. The molecule has 2 heterocycles. The van der Waals surface area contributed by atoms with Crippen molar-refractivity contribution in [2.75, 3.05) is 5.73 Å². The predicted molar refractivity (Wildman–Crippen MR) is 53.5 cm³/mol. The van der Waals surface area contributed by atoms with Gasteiger partial charge < -0.3 is 5.73 Å². The Bertz CT molecular complexity index is 641. The van der Waals surface area contributed by atoms with Gasteiger partial charge in [0.05, 0.1) is 35.0 Å². The molecule has 0 saturated heterocycles. The lowest BCUT2D eigenvalue weighted by atomic mass is 10.4. The predicted octanol–water partition coefficient (Wildman–Crippen LogP) is 1.61. The van der Waals surface area contributed by atoms with Crippen LogP contribution >= 0.6 is 15.9 Å². The van der Waals surface area contributed by atoms with E-state index in [1.54, 1.807) is 0 Å². The van der Waals surface area contributed by atoms with Crippen LogP contribution < -0.4 is 5.73 Å². The molecule has 0 unspecified atom stereocenters. The number of halogens is 1. The van der Waals surface area contributed by atoms with E-state index in [4.69, 9.17) is 12.6 Å². The molecular formula is C8H7BrN4. The Labute approximate surface area is 90.5 Å². The number of nitrogens with zero attached hydrogens (tertiary/aromatic N) is 3. The Kier molecular flexibility index (Phi) is 1.04. The van der Waals surface area contributed by atoms with E-state index in [2.05, 4.69) is 26.0 Å². The summed E-state index contributed by atoms with van der Waals surface area (Å²) >= 11 is 3.01. The standard InChI is InChI=1S/C8H7BrN4/c9-6-2-12-13(5-6)8-1-7(10)3-11-4-8/h1-5H,10H2/i1D,2D,3D,4D,5D. The van der Waals surface area contributed by atoms with Gasteiger partial charge in [-0.25, -0.2) is 4.68 Å². The minimum absolute atomic E-state index is 0.118. The van der Waals surface area contributed by atoms with Gasteiger partial charge >= 0.3 is 0 Å². The monoisotopic (exact) mass is 243 g/mol. The van der Waals surface area contributed by atoms with E-state index >= 15 is 0 Å². The third kappa shape index (κ3) is 1.70. The van der Waals surface area contributed by atoms with E-state index < -0.39 is 0 Å². The van der Waals surface area contributed by atoms with Crippen LogP contribution in [0.3, 0.4) is 0 Å². The maximum atomic E-state index is 7.77. The van der Waals surface area contributed by atoms with Crippen LogP contribution in [0, 0.1) is 0 Å². The summed E-state index contributed by atoms with van der Waals surface area (Å²) in [5, 5.41) is 3.72. The fourth-order valence-electron chi connectivity index (χ4n) is 0.768. The summed E-state index contributed by atoms with van der Waals surface area (Å²) in [6.07, 6.45) is -1.12. The van der Waals surface area contributed by atoms with Crippen molar-refractivity contribution >= 4 is 21.6 Å². The number of pyridine rings is 1. The first-order valence-corrected chi connectivity index (χ1v) is 4.09. The van der Waals surface area contributed by atoms with Gasteiger partial charge in [-0.3, -0.25) is 4.98 Å². The van der Waals surface area contributed by atoms with Gasteiger partial charge in [-0.05, 0) is 22.0 Å². The van der Waals surface area contributed by atoms with Crippen molar-refractivity contribution in [1.82, 2.24) is 14.8 Å². The Morgan fingerprint density at radius 2 is 2.31 bits per heavy atom. The number of nitrogen functional groups attached to an aromatic ring is 1. The highest BCUT2D eigenvalue weighted by Crippen LogP contribution is 2.13. The molecular weight excluding hydrogens is 232 g/mol. The van der Waals surface area contributed by atoms with Gasteiger partial charge in [0, 0.05) is 12.3 Å². The maximum absolute atomic E-state index is 7.77. The lowest BCUT2D eigenvalue weighted by Crippen LogP contribution is -1.96. The summed E-state index contributed by atoms with van der Waals surface area (Å²) in [5.41, 5.74) is 5.19. The lowest BCUT2D eigenvalue weighted by Gasteiger charge is -2.00. The molecule has 0 bridgehead atoms. The van der Waals surface area contributed by atoms with Gasteiger partial charge in [-0.1, -0.05) is 0 Å². The van der Waals surface area contributed by atoms with Crippen molar-refractivity contribution in [3.63, 3.8) is 0 Å². The molecule has 0 saturated carbocycles.